The molecule has 0 amide bonds. The Morgan fingerprint density at radius 1 is 1.21 bits per heavy atom. The Hall–Kier alpha value is -1.95. The third-order valence-electron chi connectivity index (χ3n) is 3.95. The van der Waals surface area contributed by atoms with Gasteiger partial charge in [0.1, 0.15) is 5.84 Å². The van der Waals surface area contributed by atoms with Gasteiger partial charge in [-0.15, -0.1) is 0 Å². The number of hydrogen-bond donors (Lipinski definition) is 1. The fraction of sp³-hybridized carbons (Fsp3) is 0.611. The highest BCUT2D eigenvalue weighted by Gasteiger charge is 2.14. The summed E-state index contributed by atoms with van der Waals surface area (Å²) in [4.78, 5) is 17.6. The van der Waals surface area contributed by atoms with Crippen LogP contribution in [0.5, 0.6) is 0 Å². The maximum Gasteiger partial charge on any atom is 0.269 e. The number of nitro groups is 1. The Kier molecular flexibility index (Phi) is 6.31. The van der Waals surface area contributed by atoms with Crippen molar-refractivity contribution in [2.75, 3.05) is 25.0 Å². The summed E-state index contributed by atoms with van der Waals surface area (Å²) in [6.45, 7) is 9.55. The molecule has 1 fully saturated rings. The molecule has 1 aliphatic heterocycles. The molecule has 1 aliphatic rings. The van der Waals surface area contributed by atoms with E-state index in [4.69, 9.17) is 4.99 Å². The highest BCUT2D eigenvalue weighted by atomic mass is 16.6. The quantitative estimate of drug-likeness (QED) is 0.382. The molecular formula is C18H28N4O2. The van der Waals surface area contributed by atoms with E-state index in [9.17, 15) is 10.1 Å². The predicted molar refractivity (Wildman–Crippen MR) is 98.8 cm³/mol. The third kappa shape index (κ3) is 6.28. The Bertz CT molecular complexity index is 570. The SMILES string of the molecule is CC(C)(C)N=C(CCN1CCCCC1)Nc1ccc([N+](=O)[O-])cc1. The number of hydrogen-bond acceptors (Lipinski definition) is 4. The van der Waals surface area contributed by atoms with Crippen LogP contribution in [0, 0.1) is 10.1 Å². The standard InChI is InChI=1S/C18H28N4O2/c1-18(2,3)20-17(11-14-21-12-5-4-6-13-21)19-15-7-9-16(10-8-15)22(23)24/h7-10H,4-6,11-14H2,1-3H3,(H,19,20). The smallest absolute Gasteiger partial charge is 0.269 e. The van der Waals surface area contributed by atoms with Crippen molar-refractivity contribution in [3.05, 3.63) is 34.4 Å². The second kappa shape index (κ2) is 8.24. The van der Waals surface area contributed by atoms with Crippen LogP contribution < -0.4 is 5.32 Å². The van der Waals surface area contributed by atoms with Crippen LogP contribution in [0.3, 0.4) is 0 Å². The van der Waals surface area contributed by atoms with Gasteiger partial charge < -0.3 is 10.2 Å². The molecule has 1 aromatic rings. The second-order valence-electron chi connectivity index (χ2n) is 7.31. The number of anilines is 1. The number of nitrogens with zero attached hydrogens (tertiary/aromatic N) is 3. The molecule has 6 nitrogen and oxygen atoms in total. The Labute approximate surface area is 144 Å². The van der Waals surface area contributed by atoms with Crippen LogP contribution in [-0.2, 0) is 0 Å². The molecule has 0 radical (unpaired) electrons. The zero-order chi connectivity index (χ0) is 17.6. The third-order valence-corrected chi connectivity index (χ3v) is 3.95. The van der Waals surface area contributed by atoms with Gasteiger partial charge >= 0.3 is 0 Å². The van der Waals surface area contributed by atoms with Gasteiger partial charge in [-0.2, -0.15) is 0 Å². The molecule has 0 aromatic heterocycles. The molecule has 0 aliphatic carbocycles. The molecule has 0 bridgehead atoms. The minimum atomic E-state index is -0.385. The molecule has 1 saturated heterocycles. The number of rotatable bonds is 5. The second-order valence-corrected chi connectivity index (χ2v) is 7.31. The molecule has 132 valence electrons. The van der Waals surface area contributed by atoms with Gasteiger partial charge in [0.25, 0.3) is 5.69 Å². The number of nitrogens with one attached hydrogen (secondary N) is 1. The minimum Gasteiger partial charge on any atom is -0.344 e. The van der Waals surface area contributed by atoms with Crippen LogP contribution in [0.2, 0.25) is 0 Å². The molecule has 0 unspecified atom stereocenters. The summed E-state index contributed by atoms with van der Waals surface area (Å²) in [6, 6.07) is 6.50. The monoisotopic (exact) mass is 332 g/mol. The van der Waals surface area contributed by atoms with Gasteiger partial charge in [0.05, 0.1) is 10.5 Å². The maximum absolute atomic E-state index is 10.8. The Balaban J connectivity index is 2.02. The van der Waals surface area contributed by atoms with Crippen LogP contribution in [0.4, 0.5) is 11.4 Å². The van der Waals surface area contributed by atoms with E-state index >= 15 is 0 Å². The first-order valence-corrected chi connectivity index (χ1v) is 8.66. The van der Waals surface area contributed by atoms with E-state index < -0.39 is 0 Å². The molecule has 24 heavy (non-hydrogen) atoms. The number of nitro benzene ring substituents is 1. The topological polar surface area (TPSA) is 70.8 Å². The lowest BCUT2D eigenvalue weighted by Crippen LogP contribution is -2.33. The van der Waals surface area contributed by atoms with Crippen LogP contribution in [-0.4, -0.2) is 40.8 Å². The summed E-state index contributed by atoms with van der Waals surface area (Å²) in [7, 11) is 0. The first-order valence-electron chi connectivity index (χ1n) is 8.66. The van der Waals surface area contributed by atoms with Crippen LogP contribution in [0.1, 0.15) is 46.5 Å². The highest BCUT2D eigenvalue weighted by Crippen LogP contribution is 2.17. The van der Waals surface area contributed by atoms with Gasteiger partial charge in [0.2, 0.25) is 0 Å². The number of amidine groups is 1. The molecular weight excluding hydrogens is 304 g/mol. The van der Waals surface area contributed by atoms with Gasteiger partial charge in [-0.1, -0.05) is 6.42 Å². The fourth-order valence-corrected chi connectivity index (χ4v) is 2.83. The largest absolute Gasteiger partial charge is 0.344 e. The fourth-order valence-electron chi connectivity index (χ4n) is 2.83. The van der Waals surface area contributed by atoms with E-state index in [1.54, 1.807) is 12.1 Å². The van der Waals surface area contributed by atoms with E-state index in [-0.39, 0.29) is 16.1 Å². The first kappa shape index (κ1) is 18.4. The van der Waals surface area contributed by atoms with Crippen molar-refractivity contribution >= 4 is 17.2 Å². The number of non-ortho nitro benzene ring substituents is 1. The molecule has 1 heterocycles. The normalized spacial score (nSPS) is 16.9. The molecule has 0 atom stereocenters. The number of likely N-dealkylation sites (tertiary alicyclic amines) is 1. The molecule has 0 spiro atoms. The van der Waals surface area contributed by atoms with Gasteiger partial charge in [-0.25, -0.2) is 0 Å². The highest BCUT2D eigenvalue weighted by molar-refractivity contribution is 5.95. The Morgan fingerprint density at radius 3 is 2.38 bits per heavy atom. The van der Waals surface area contributed by atoms with E-state index in [0.717, 1.165) is 24.5 Å². The van der Waals surface area contributed by atoms with Crippen molar-refractivity contribution in [3.63, 3.8) is 0 Å². The van der Waals surface area contributed by atoms with Crippen molar-refractivity contribution < 1.29 is 4.92 Å². The van der Waals surface area contributed by atoms with E-state index in [1.807, 2.05) is 0 Å². The van der Waals surface area contributed by atoms with Crippen molar-refractivity contribution in [1.29, 1.82) is 0 Å². The Morgan fingerprint density at radius 2 is 1.83 bits per heavy atom. The average molecular weight is 332 g/mol. The molecule has 2 rings (SSSR count). The average Bonchev–Trinajstić information content (AvgIpc) is 2.53. The van der Waals surface area contributed by atoms with Gasteiger partial charge in [-0.3, -0.25) is 15.1 Å². The van der Waals surface area contributed by atoms with Crippen molar-refractivity contribution in [2.24, 2.45) is 4.99 Å². The number of aliphatic imine (C=N–C) groups is 1. The van der Waals surface area contributed by atoms with Gasteiger partial charge in [0, 0.05) is 30.8 Å². The van der Waals surface area contributed by atoms with E-state index in [2.05, 4.69) is 31.0 Å². The summed E-state index contributed by atoms with van der Waals surface area (Å²) in [5.41, 5.74) is 0.774. The van der Waals surface area contributed by atoms with Crippen LogP contribution in [0.25, 0.3) is 0 Å². The predicted octanol–water partition coefficient (Wildman–Crippen LogP) is 4.08. The zero-order valence-corrected chi connectivity index (χ0v) is 14.9. The van der Waals surface area contributed by atoms with Crippen molar-refractivity contribution in [2.45, 2.75) is 52.0 Å². The summed E-state index contributed by atoms with van der Waals surface area (Å²) >= 11 is 0. The summed E-state index contributed by atoms with van der Waals surface area (Å²) < 4.78 is 0. The first-order chi connectivity index (χ1) is 11.3. The maximum atomic E-state index is 10.8. The lowest BCUT2D eigenvalue weighted by atomic mass is 10.1. The van der Waals surface area contributed by atoms with Crippen LogP contribution >= 0.6 is 0 Å². The minimum absolute atomic E-state index is 0.100. The van der Waals surface area contributed by atoms with Crippen molar-refractivity contribution in [3.8, 4) is 0 Å². The molecule has 6 heteroatoms. The molecule has 1 N–H and O–H groups in total. The summed E-state index contributed by atoms with van der Waals surface area (Å²) in [5, 5.41) is 14.1. The van der Waals surface area contributed by atoms with E-state index in [0.29, 0.717) is 0 Å². The zero-order valence-electron chi connectivity index (χ0n) is 14.9. The summed E-state index contributed by atoms with van der Waals surface area (Å²) in [6.07, 6.45) is 4.75. The van der Waals surface area contributed by atoms with Gasteiger partial charge in [0.15, 0.2) is 0 Å². The number of piperidine rings is 1. The van der Waals surface area contributed by atoms with Crippen molar-refractivity contribution in [1.82, 2.24) is 4.90 Å². The molecule has 1 aromatic carbocycles. The summed E-state index contributed by atoms with van der Waals surface area (Å²) in [5.74, 6) is 0.932. The number of benzene rings is 1. The molecule has 0 saturated carbocycles. The van der Waals surface area contributed by atoms with E-state index in [1.165, 1.54) is 44.5 Å². The van der Waals surface area contributed by atoms with Gasteiger partial charge in [-0.05, 0) is 58.8 Å². The lowest BCUT2D eigenvalue weighted by Gasteiger charge is -2.27. The lowest BCUT2D eigenvalue weighted by molar-refractivity contribution is -0.384. The van der Waals surface area contributed by atoms with Crippen LogP contribution in [0.15, 0.2) is 29.3 Å².